The van der Waals surface area contributed by atoms with Crippen LogP contribution in [0.3, 0.4) is 0 Å². The second-order valence-electron chi connectivity index (χ2n) is 14.0. The van der Waals surface area contributed by atoms with Crippen LogP contribution in [0.5, 0.6) is 0 Å². The zero-order valence-corrected chi connectivity index (χ0v) is 33.2. The van der Waals surface area contributed by atoms with Gasteiger partial charge in [0.05, 0.1) is 41.6 Å². The number of benzene rings is 2. The summed E-state index contributed by atoms with van der Waals surface area (Å²) >= 11 is 0. The molecule has 4 rings (SSSR count). The number of carboxylic acid groups (broad SMARTS) is 1. The molecule has 2 N–H and O–H groups in total. The van der Waals surface area contributed by atoms with Gasteiger partial charge in [0, 0.05) is 67.6 Å². The minimum atomic E-state index is -4.62. The third-order valence-corrected chi connectivity index (χ3v) is 11.7. The van der Waals surface area contributed by atoms with Gasteiger partial charge in [0.25, 0.3) is 10.1 Å². The number of ether oxygens (including phenoxy) is 3. The summed E-state index contributed by atoms with van der Waals surface area (Å²) in [6.07, 6.45) is 12.1. The van der Waals surface area contributed by atoms with Crippen LogP contribution in [0, 0.1) is 0 Å². The van der Waals surface area contributed by atoms with E-state index in [0.717, 1.165) is 33.9 Å². The average Bonchev–Trinajstić information content (AvgIpc) is 3.46. The molecule has 54 heavy (non-hydrogen) atoms. The number of nitrogens with zero attached hydrogens (tertiary/aromatic N) is 2. The Morgan fingerprint density at radius 3 is 2.20 bits per heavy atom. The van der Waals surface area contributed by atoms with Crippen LogP contribution in [0.25, 0.3) is 0 Å². The minimum Gasteiger partial charge on any atom is -0.744 e. The normalized spacial score (nSPS) is 19.1. The molecule has 2 aliphatic rings. The maximum Gasteiger partial charge on any atom is 0.303 e. The average molecular weight is 789 g/mol. The molecule has 0 spiro atoms. The van der Waals surface area contributed by atoms with Crippen molar-refractivity contribution in [3.63, 3.8) is 0 Å². The number of fused-ring (bicyclic) bond motifs is 2. The second-order valence-corrected chi connectivity index (χ2v) is 16.8. The molecule has 0 saturated heterocycles. The number of carboxylic acids is 1. The highest BCUT2D eigenvalue weighted by molar-refractivity contribution is 7.86. The number of rotatable bonds is 21. The van der Waals surface area contributed by atoms with E-state index in [1.54, 1.807) is 19.2 Å². The number of hydrogen-bond acceptors (Lipinski definition) is 10. The lowest BCUT2D eigenvalue weighted by Gasteiger charge is -2.25. The van der Waals surface area contributed by atoms with E-state index < -0.39 is 37.0 Å². The summed E-state index contributed by atoms with van der Waals surface area (Å²) in [6, 6.07) is 9.07. The predicted octanol–water partition coefficient (Wildman–Crippen LogP) is 5.72. The van der Waals surface area contributed by atoms with E-state index in [9.17, 15) is 30.7 Å². The summed E-state index contributed by atoms with van der Waals surface area (Å²) in [6.45, 7) is 11.2. The van der Waals surface area contributed by atoms with Crippen molar-refractivity contribution < 1.29 is 54.6 Å². The van der Waals surface area contributed by atoms with E-state index in [4.69, 9.17) is 19.3 Å². The smallest absolute Gasteiger partial charge is 0.303 e. The van der Waals surface area contributed by atoms with Crippen molar-refractivity contribution >= 4 is 43.3 Å². The number of likely N-dealkylation sites (N-methyl/N-ethyl adjacent to an activating group) is 1. The number of carbonyl (C=O) groups is 1. The van der Waals surface area contributed by atoms with Crippen molar-refractivity contribution in [2.45, 2.75) is 80.4 Å². The summed E-state index contributed by atoms with van der Waals surface area (Å²) in [5, 5.41) is 9.12. The minimum absolute atomic E-state index is 0.0750. The Labute approximate surface area is 319 Å². The van der Waals surface area contributed by atoms with Gasteiger partial charge in [-0.05, 0) is 75.1 Å². The topological polar surface area (TPSA) is 183 Å². The molecule has 0 saturated carbocycles. The van der Waals surface area contributed by atoms with Gasteiger partial charge in [0.15, 0.2) is 5.71 Å². The first kappa shape index (κ1) is 43.0. The van der Waals surface area contributed by atoms with Crippen LogP contribution >= 0.6 is 0 Å². The fourth-order valence-corrected chi connectivity index (χ4v) is 8.17. The van der Waals surface area contributed by atoms with Gasteiger partial charge in [-0.15, -0.1) is 0 Å². The standard InChI is InChI=1S/C39H52N2O11S2/c1-6-40-33-18-16-29(53(44,45)46)27-31(33)38(2,3)35(40)13-9-7-10-14-36-39(4,20-22-51-25-26-52-24-23-50-5)32-28-30(54(47,48)49)17-19-34(32)41(36)21-12-8-11-15-37(42)43/h7,9-10,13-14,16-19,27-28H,6,8,11-12,15,20-26H2,1-5H3,(H2-,42,43,44,45,46,47,48,49). The molecule has 13 nitrogen and oxygen atoms in total. The molecule has 0 amide bonds. The van der Waals surface area contributed by atoms with Crippen LogP contribution in [-0.2, 0) is 50.1 Å². The van der Waals surface area contributed by atoms with E-state index in [1.165, 1.54) is 24.3 Å². The lowest BCUT2D eigenvalue weighted by Crippen LogP contribution is -2.33. The number of methoxy groups -OCH3 is 1. The Bertz CT molecular complexity index is 2020. The van der Waals surface area contributed by atoms with Crippen molar-refractivity contribution in [1.82, 2.24) is 0 Å². The zero-order chi connectivity index (χ0) is 39.7. The lowest BCUT2D eigenvalue weighted by atomic mass is 9.76. The van der Waals surface area contributed by atoms with Crippen LogP contribution in [0.1, 0.15) is 70.9 Å². The van der Waals surface area contributed by atoms with E-state index >= 15 is 0 Å². The molecule has 1 atom stereocenters. The molecule has 0 bridgehead atoms. The summed E-state index contributed by atoms with van der Waals surface area (Å²) in [4.78, 5) is 12.7. The first-order valence-corrected chi connectivity index (χ1v) is 20.9. The molecule has 0 aliphatic carbocycles. The van der Waals surface area contributed by atoms with Gasteiger partial charge in [-0.1, -0.05) is 32.1 Å². The molecular formula is C39H52N2O11S2. The molecule has 0 fully saturated rings. The van der Waals surface area contributed by atoms with E-state index in [0.29, 0.717) is 71.8 Å². The van der Waals surface area contributed by atoms with Gasteiger partial charge in [0.2, 0.25) is 5.69 Å². The maximum atomic E-state index is 12.3. The number of allylic oxidation sites excluding steroid dienone is 6. The molecule has 2 aromatic rings. The Hall–Kier alpha value is -3.70. The van der Waals surface area contributed by atoms with Gasteiger partial charge in [0.1, 0.15) is 16.7 Å². The molecule has 1 unspecified atom stereocenters. The first-order valence-electron chi connectivity index (χ1n) is 18.0. The Morgan fingerprint density at radius 1 is 0.889 bits per heavy atom. The Kier molecular flexibility index (Phi) is 14.6. The van der Waals surface area contributed by atoms with Crippen LogP contribution in [0.4, 0.5) is 11.4 Å². The molecule has 0 radical (unpaired) electrons. The molecular weight excluding hydrogens is 737 g/mol. The van der Waals surface area contributed by atoms with Crippen LogP contribution in [-0.4, -0.2) is 101 Å². The second kappa shape index (κ2) is 18.3. The summed E-state index contributed by atoms with van der Waals surface area (Å²) < 4.78 is 88.4. The monoisotopic (exact) mass is 788 g/mol. The number of aliphatic carboxylic acids is 1. The molecule has 0 aromatic heterocycles. The van der Waals surface area contributed by atoms with Crippen molar-refractivity contribution in [2.24, 2.45) is 0 Å². The highest BCUT2D eigenvalue weighted by Crippen LogP contribution is 2.48. The lowest BCUT2D eigenvalue weighted by molar-refractivity contribution is -0.438. The predicted molar refractivity (Wildman–Crippen MR) is 204 cm³/mol. The maximum absolute atomic E-state index is 12.3. The van der Waals surface area contributed by atoms with E-state index in [2.05, 4.69) is 9.48 Å². The Balaban J connectivity index is 1.68. The van der Waals surface area contributed by atoms with Gasteiger partial charge < -0.3 is 28.8 Å². The highest BCUT2D eigenvalue weighted by Gasteiger charge is 2.48. The van der Waals surface area contributed by atoms with Crippen molar-refractivity contribution in [2.75, 3.05) is 58.1 Å². The molecule has 15 heteroatoms. The third-order valence-electron chi connectivity index (χ3n) is 10.0. The van der Waals surface area contributed by atoms with Gasteiger partial charge in [-0.3, -0.25) is 9.35 Å². The van der Waals surface area contributed by atoms with Crippen LogP contribution in [0.15, 0.2) is 82.3 Å². The number of hydrogen-bond donors (Lipinski definition) is 2. The molecule has 296 valence electrons. The largest absolute Gasteiger partial charge is 0.744 e. The Morgan fingerprint density at radius 2 is 1.56 bits per heavy atom. The van der Waals surface area contributed by atoms with Crippen LogP contribution in [0.2, 0.25) is 0 Å². The quantitative estimate of drug-likeness (QED) is 0.0680. The highest BCUT2D eigenvalue weighted by atomic mass is 32.2. The number of anilines is 1. The van der Waals surface area contributed by atoms with Crippen LogP contribution < -0.4 is 4.90 Å². The van der Waals surface area contributed by atoms with E-state index in [1.807, 2.05) is 58.1 Å². The van der Waals surface area contributed by atoms with Crippen molar-refractivity contribution in [1.29, 1.82) is 0 Å². The summed E-state index contributed by atoms with van der Waals surface area (Å²) in [7, 11) is -7.51. The summed E-state index contributed by atoms with van der Waals surface area (Å²) in [5.41, 5.74) is 3.60. The van der Waals surface area contributed by atoms with Gasteiger partial charge in [-0.25, -0.2) is 8.42 Å². The van der Waals surface area contributed by atoms with E-state index in [-0.39, 0.29) is 16.2 Å². The first-order chi connectivity index (χ1) is 25.5. The molecule has 2 aromatic carbocycles. The zero-order valence-electron chi connectivity index (χ0n) is 31.6. The van der Waals surface area contributed by atoms with Crippen molar-refractivity contribution in [3.05, 3.63) is 83.6 Å². The molecule has 2 heterocycles. The third kappa shape index (κ3) is 10.1. The van der Waals surface area contributed by atoms with Gasteiger partial charge >= 0.3 is 5.97 Å². The fourth-order valence-electron chi connectivity index (χ4n) is 7.17. The molecule has 2 aliphatic heterocycles. The van der Waals surface area contributed by atoms with Crippen molar-refractivity contribution in [3.8, 4) is 0 Å². The SMILES string of the molecule is CCN1C(=CC=CC=CC2=[N+](CCCCCC(=O)O)c3ccc(S(=O)(=O)O)cc3C2(C)CCOCCOCCOC)C(C)(C)c2cc(S(=O)(=O)[O-])ccc21. The number of unbranched alkanes of at least 4 members (excludes halogenated alkanes) is 2. The summed E-state index contributed by atoms with van der Waals surface area (Å²) in [5.74, 6) is -0.847. The van der Waals surface area contributed by atoms with Gasteiger partial charge in [-0.2, -0.15) is 13.0 Å². The fraction of sp³-hybridized carbons (Fsp3) is 0.487.